The lowest BCUT2D eigenvalue weighted by molar-refractivity contribution is 0.509. The normalized spacial score (nSPS) is 18.3. The zero-order chi connectivity index (χ0) is 14.7. The lowest BCUT2D eigenvalue weighted by Crippen LogP contribution is -2.35. The first-order chi connectivity index (χ1) is 10.3. The quantitative estimate of drug-likeness (QED) is 0.847. The van der Waals surface area contributed by atoms with Crippen LogP contribution in [0.2, 0.25) is 0 Å². The van der Waals surface area contributed by atoms with Crippen LogP contribution in [0.3, 0.4) is 0 Å². The second kappa shape index (κ2) is 5.92. The average molecular weight is 278 g/mol. The van der Waals surface area contributed by atoms with Crippen LogP contribution in [0, 0.1) is 18.3 Å². The van der Waals surface area contributed by atoms with Gasteiger partial charge >= 0.3 is 0 Å². The summed E-state index contributed by atoms with van der Waals surface area (Å²) >= 11 is 0. The Kier molecular flexibility index (Phi) is 3.83. The standard InChI is InChI=1S/C17H18N4/c1-13-9-17(16(10-18)11-20-13)21-8-2-3-15(12-21)14-4-6-19-7-5-14/h4-7,9,11,15H,2-3,8,12H2,1H3. The smallest absolute Gasteiger partial charge is 0.103 e. The van der Waals surface area contributed by atoms with Crippen molar-refractivity contribution in [1.82, 2.24) is 9.97 Å². The van der Waals surface area contributed by atoms with E-state index in [4.69, 9.17) is 0 Å². The van der Waals surface area contributed by atoms with E-state index >= 15 is 0 Å². The van der Waals surface area contributed by atoms with E-state index in [0.717, 1.165) is 30.9 Å². The van der Waals surface area contributed by atoms with E-state index in [9.17, 15) is 5.26 Å². The highest BCUT2D eigenvalue weighted by molar-refractivity contribution is 5.59. The van der Waals surface area contributed by atoms with Gasteiger partial charge in [-0.2, -0.15) is 5.26 Å². The Morgan fingerprint density at radius 3 is 2.90 bits per heavy atom. The average Bonchev–Trinajstić information content (AvgIpc) is 2.56. The third kappa shape index (κ3) is 2.87. The first-order valence-electron chi connectivity index (χ1n) is 7.29. The van der Waals surface area contributed by atoms with E-state index in [1.165, 1.54) is 12.0 Å². The first-order valence-corrected chi connectivity index (χ1v) is 7.29. The molecule has 0 bridgehead atoms. The Labute approximate surface area is 125 Å². The summed E-state index contributed by atoms with van der Waals surface area (Å²) in [6.07, 6.45) is 7.71. The van der Waals surface area contributed by atoms with E-state index in [-0.39, 0.29) is 0 Å². The van der Waals surface area contributed by atoms with E-state index in [1.54, 1.807) is 6.20 Å². The summed E-state index contributed by atoms with van der Waals surface area (Å²) in [5, 5.41) is 9.30. The fraction of sp³-hybridized carbons (Fsp3) is 0.353. The second-order valence-electron chi connectivity index (χ2n) is 5.52. The molecule has 4 heteroatoms. The summed E-state index contributed by atoms with van der Waals surface area (Å²) in [5.74, 6) is 0.502. The van der Waals surface area contributed by atoms with Crippen molar-refractivity contribution in [3.05, 3.63) is 53.6 Å². The highest BCUT2D eigenvalue weighted by Gasteiger charge is 2.23. The van der Waals surface area contributed by atoms with E-state index in [1.807, 2.05) is 25.4 Å². The Balaban J connectivity index is 1.87. The molecule has 0 saturated carbocycles. The van der Waals surface area contributed by atoms with E-state index < -0.39 is 0 Å². The molecule has 106 valence electrons. The van der Waals surface area contributed by atoms with Gasteiger partial charge in [-0.1, -0.05) is 0 Å². The van der Waals surface area contributed by atoms with Crippen molar-refractivity contribution in [1.29, 1.82) is 5.26 Å². The molecular formula is C17H18N4. The molecule has 0 N–H and O–H groups in total. The molecule has 2 aromatic rings. The van der Waals surface area contributed by atoms with Gasteiger partial charge in [0.1, 0.15) is 6.07 Å². The van der Waals surface area contributed by atoms with Crippen LogP contribution in [0.5, 0.6) is 0 Å². The first kappa shape index (κ1) is 13.6. The molecule has 3 rings (SSSR count). The summed E-state index contributed by atoms with van der Waals surface area (Å²) in [4.78, 5) is 10.6. The van der Waals surface area contributed by atoms with Crippen LogP contribution in [0.15, 0.2) is 36.8 Å². The minimum atomic E-state index is 0.502. The Morgan fingerprint density at radius 2 is 2.14 bits per heavy atom. The number of pyridine rings is 2. The third-order valence-corrected chi connectivity index (χ3v) is 4.08. The predicted molar refractivity (Wildman–Crippen MR) is 82.1 cm³/mol. The summed E-state index contributed by atoms with van der Waals surface area (Å²) in [5.41, 5.74) is 3.97. The number of piperidine rings is 1. The van der Waals surface area contributed by atoms with Gasteiger partial charge in [0.2, 0.25) is 0 Å². The Bertz CT molecular complexity index is 660. The molecule has 1 unspecified atom stereocenters. The lowest BCUT2D eigenvalue weighted by Gasteiger charge is -2.35. The zero-order valence-corrected chi connectivity index (χ0v) is 12.2. The molecule has 4 nitrogen and oxygen atoms in total. The van der Waals surface area contributed by atoms with Crippen molar-refractivity contribution in [2.24, 2.45) is 0 Å². The van der Waals surface area contributed by atoms with Crippen molar-refractivity contribution in [2.75, 3.05) is 18.0 Å². The van der Waals surface area contributed by atoms with Crippen LogP contribution in [-0.4, -0.2) is 23.1 Å². The molecule has 0 aromatic carbocycles. The summed E-state index contributed by atoms with van der Waals surface area (Å²) in [7, 11) is 0. The van der Waals surface area contributed by atoms with Gasteiger partial charge in [0.15, 0.2) is 0 Å². The second-order valence-corrected chi connectivity index (χ2v) is 5.52. The number of nitriles is 1. The summed E-state index contributed by atoms with van der Waals surface area (Å²) < 4.78 is 0. The number of hydrogen-bond acceptors (Lipinski definition) is 4. The molecule has 1 fully saturated rings. The van der Waals surface area contributed by atoms with Crippen LogP contribution in [0.25, 0.3) is 0 Å². The highest BCUT2D eigenvalue weighted by Crippen LogP contribution is 2.31. The predicted octanol–water partition coefficient (Wildman–Crippen LogP) is 3.04. The highest BCUT2D eigenvalue weighted by atomic mass is 15.1. The molecule has 0 radical (unpaired) electrons. The van der Waals surface area contributed by atoms with Crippen molar-refractivity contribution < 1.29 is 0 Å². The SMILES string of the molecule is Cc1cc(N2CCCC(c3ccncc3)C2)c(C#N)cn1. The van der Waals surface area contributed by atoms with Gasteiger partial charge in [0, 0.05) is 43.3 Å². The van der Waals surface area contributed by atoms with Crippen LogP contribution >= 0.6 is 0 Å². The van der Waals surface area contributed by atoms with Crippen molar-refractivity contribution in [2.45, 2.75) is 25.7 Å². The molecule has 0 amide bonds. The number of nitrogens with zero attached hydrogens (tertiary/aromatic N) is 4. The topological polar surface area (TPSA) is 52.8 Å². The molecule has 2 aromatic heterocycles. The minimum Gasteiger partial charge on any atom is -0.370 e. The maximum atomic E-state index is 9.30. The molecule has 1 atom stereocenters. The molecular weight excluding hydrogens is 260 g/mol. The Morgan fingerprint density at radius 1 is 1.33 bits per heavy atom. The number of hydrogen-bond donors (Lipinski definition) is 0. The van der Waals surface area contributed by atoms with Gasteiger partial charge in [-0.3, -0.25) is 9.97 Å². The monoisotopic (exact) mass is 278 g/mol. The van der Waals surface area contributed by atoms with E-state index in [2.05, 4.69) is 33.1 Å². The van der Waals surface area contributed by atoms with Crippen LogP contribution < -0.4 is 4.90 Å². The largest absolute Gasteiger partial charge is 0.370 e. The number of anilines is 1. The Hall–Kier alpha value is -2.41. The van der Waals surface area contributed by atoms with Gasteiger partial charge < -0.3 is 4.90 Å². The summed E-state index contributed by atoms with van der Waals surface area (Å²) in [6, 6.07) is 8.47. The van der Waals surface area contributed by atoms with Gasteiger partial charge in [-0.25, -0.2) is 0 Å². The van der Waals surface area contributed by atoms with Gasteiger partial charge in [-0.15, -0.1) is 0 Å². The number of rotatable bonds is 2. The van der Waals surface area contributed by atoms with E-state index in [0.29, 0.717) is 11.5 Å². The molecule has 1 aliphatic heterocycles. The van der Waals surface area contributed by atoms with Crippen molar-refractivity contribution >= 4 is 5.69 Å². The van der Waals surface area contributed by atoms with Crippen LogP contribution in [0.1, 0.15) is 35.6 Å². The molecule has 21 heavy (non-hydrogen) atoms. The third-order valence-electron chi connectivity index (χ3n) is 4.08. The zero-order valence-electron chi connectivity index (χ0n) is 12.2. The number of aromatic nitrogens is 2. The van der Waals surface area contributed by atoms with Crippen LogP contribution in [-0.2, 0) is 0 Å². The maximum Gasteiger partial charge on any atom is 0.103 e. The fourth-order valence-electron chi connectivity index (χ4n) is 3.00. The minimum absolute atomic E-state index is 0.502. The van der Waals surface area contributed by atoms with Gasteiger partial charge in [0.05, 0.1) is 11.3 Å². The van der Waals surface area contributed by atoms with Crippen molar-refractivity contribution in [3.63, 3.8) is 0 Å². The number of aryl methyl sites for hydroxylation is 1. The van der Waals surface area contributed by atoms with Crippen LogP contribution in [0.4, 0.5) is 5.69 Å². The molecule has 0 aliphatic carbocycles. The summed E-state index contributed by atoms with van der Waals surface area (Å²) in [6.45, 7) is 3.91. The van der Waals surface area contributed by atoms with Gasteiger partial charge in [-0.05, 0) is 43.5 Å². The van der Waals surface area contributed by atoms with Gasteiger partial charge in [0.25, 0.3) is 0 Å². The molecule has 1 aliphatic rings. The molecule has 3 heterocycles. The lowest BCUT2D eigenvalue weighted by atomic mass is 9.91. The van der Waals surface area contributed by atoms with Crippen molar-refractivity contribution in [3.8, 4) is 6.07 Å². The fourth-order valence-corrected chi connectivity index (χ4v) is 3.00. The molecule has 0 spiro atoms. The maximum absolute atomic E-state index is 9.30. The molecule has 1 saturated heterocycles.